The average Bonchev–Trinajstić information content (AvgIpc) is 3.00. The first-order valence-electron chi connectivity index (χ1n) is 8.06. The van der Waals surface area contributed by atoms with E-state index < -0.39 is 15.9 Å². The second-order valence-corrected chi connectivity index (χ2v) is 8.35. The van der Waals surface area contributed by atoms with Crippen molar-refractivity contribution in [3.63, 3.8) is 0 Å². The summed E-state index contributed by atoms with van der Waals surface area (Å²) in [5, 5.41) is 1.58. The average molecular weight is 408 g/mol. The van der Waals surface area contributed by atoms with E-state index in [1.807, 2.05) is 0 Å². The van der Waals surface area contributed by atoms with Gasteiger partial charge in [0.05, 0.1) is 26.0 Å². The van der Waals surface area contributed by atoms with Gasteiger partial charge in [-0.2, -0.15) is 0 Å². The monoisotopic (exact) mass is 407 g/mol. The maximum absolute atomic E-state index is 13.3. The third kappa shape index (κ3) is 4.26. The second kappa shape index (κ2) is 7.62. The van der Waals surface area contributed by atoms with Crippen LogP contribution in [0.2, 0.25) is 5.02 Å². The zero-order valence-corrected chi connectivity index (χ0v) is 16.3. The summed E-state index contributed by atoms with van der Waals surface area (Å²) in [5.74, 6) is 0.338. The fraction of sp³-hybridized carbons (Fsp3) is 0.211. The van der Waals surface area contributed by atoms with Crippen molar-refractivity contribution in [2.45, 2.75) is 6.04 Å². The summed E-state index contributed by atoms with van der Waals surface area (Å²) in [6, 6.07) is 10.9. The van der Waals surface area contributed by atoms with Crippen LogP contribution in [0.1, 0.15) is 10.4 Å². The molecule has 0 unspecified atom stereocenters. The molecule has 1 aliphatic rings. The van der Waals surface area contributed by atoms with Crippen LogP contribution >= 0.6 is 11.6 Å². The lowest BCUT2D eigenvalue weighted by molar-refractivity contribution is 0.0982. The number of sulfone groups is 1. The Balaban J connectivity index is 2.08. The first-order valence-corrected chi connectivity index (χ1v) is 10.2. The van der Waals surface area contributed by atoms with Crippen LogP contribution in [-0.4, -0.2) is 40.3 Å². The number of benzene rings is 2. The van der Waals surface area contributed by atoms with Gasteiger partial charge in [-0.1, -0.05) is 17.7 Å². The Bertz CT molecular complexity index is 981. The van der Waals surface area contributed by atoms with E-state index >= 15 is 0 Å². The maximum atomic E-state index is 13.3. The van der Waals surface area contributed by atoms with E-state index in [9.17, 15) is 13.2 Å². The lowest BCUT2D eigenvalue weighted by atomic mass is 10.1. The van der Waals surface area contributed by atoms with Gasteiger partial charge >= 0.3 is 0 Å². The molecule has 8 heteroatoms. The molecule has 6 nitrogen and oxygen atoms in total. The van der Waals surface area contributed by atoms with Gasteiger partial charge < -0.3 is 14.4 Å². The Morgan fingerprint density at radius 2 is 1.78 bits per heavy atom. The molecule has 0 fully saturated rings. The predicted octanol–water partition coefficient (Wildman–Crippen LogP) is 3.31. The van der Waals surface area contributed by atoms with Gasteiger partial charge in [-0.05, 0) is 36.4 Å². The van der Waals surface area contributed by atoms with Crippen LogP contribution in [0.25, 0.3) is 0 Å². The van der Waals surface area contributed by atoms with E-state index in [0.717, 1.165) is 5.41 Å². The van der Waals surface area contributed by atoms with Gasteiger partial charge in [0.2, 0.25) is 0 Å². The van der Waals surface area contributed by atoms with E-state index in [-0.39, 0.29) is 11.7 Å². The van der Waals surface area contributed by atoms with Crippen LogP contribution < -0.4 is 14.4 Å². The highest BCUT2D eigenvalue weighted by atomic mass is 35.5. The Labute approximate surface area is 162 Å². The molecular formula is C19H18ClNO5S. The van der Waals surface area contributed by atoms with Crippen molar-refractivity contribution in [3.05, 3.63) is 64.5 Å². The summed E-state index contributed by atoms with van der Waals surface area (Å²) in [6.07, 6.45) is 1.51. The molecule has 0 spiro atoms. The number of carbonyl (C=O) groups excluding carboxylic acids is 1. The molecule has 0 saturated heterocycles. The van der Waals surface area contributed by atoms with Gasteiger partial charge in [-0.3, -0.25) is 4.79 Å². The van der Waals surface area contributed by atoms with Crippen LogP contribution in [0, 0.1) is 0 Å². The highest BCUT2D eigenvalue weighted by molar-refractivity contribution is 7.94. The molecule has 1 heterocycles. The van der Waals surface area contributed by atoms with Gasteiger partial charge in [0.1, 0.15) is 11.5 Å². The van der Waals surface area contributed by atoms with E-state index in [1.54, 1.807) is 42.5 Å². The van der Waals surface area contributed by atoms with Crippen molar-refractivity contribution in [3.8, 4) is 11.5 Å². The van der Waals surface area contributed by atoms with Crippen LogP contribution in [0.4, 0.5) is 5.69 Å². The number of ether oxygens (including phenoxy) is 2. The van der Waals surface area contributed by atoms with Gasteiger partial charge in [0.15, 0.2) is 9.84 Å². The highest BCUT2D eigenvalue weighted by Gasteiger charge is 2.32. The summed E-state index contributed by atoms with van der Waals surface area (Å²) < 4.78 is 34.3. The van der Waals surface area contributed by atoms with Crippen LogP contribution in [0.3, 0.4) is 0 Å². The van der Waals surface area contributed by atoms with Crippen LogP contribution in [0.15, 0.2) is 53.9 Å². The number of methoxy groups -OCH3 is 2. The molecule has 0 saturated carbocycles. The SMILES string of the molecule is COc1cc(OC)cc(C(=O)N(c2cccc(Cl)c2)[C@@H]2C=CS(=O)(=O)C2)c1. The molecule has 2 aromatic carbocycles. The predicted molar refractivity (Wildman–Crippen MR) is 105 cm³/mol. The number of hydrogen-bond donors (Lipinski definition) is 0. The number of nitrogens with zero attached hydrogens (tertiary/aromatic N) is 1. The molecule has 0 N–H and O–H groups in total. The van der Waals surface area contributed by atoms with Crippen molar-refractivity contribution in [1.29, 1.82) is 0 Å². The van der Waals surface area contributed by atoms with Crippen molar-refractivity contribution < 1.29 is 22.7 Å². The van der Waals surface area contributed by atoms with E-state index in [2.05, 4.69) is 0 Å². The summed E-state index contributed by atoms with van der Waals surface area (Å²) in [7, 11) is -0.377. The molecular weight excluding hydrogens is 390 g/mol. The first-order chi connectivity index (χ1) is 12.8. The maximum Gasteiger partial charge on any atom is 0.259 e. The van der Waals surface area contributed by atoms with Crippen molar-refractivity contribution in [1.82, 2.24) is 0 Å². The molecule has 3 rings (SSSR count). The highest BCUT2D eigenvalue weighted by Crippen LogP contribution is 2.29. The number of amides is 1. The van der Waals surface area contributed by atoms with Gasteiger partial charge in [0.25, 0.3) is 5.91 Å². The normalized spacial score (nSPS) is 17.5. The van der Waals surface area contributed by atoms with Gasteiger partial charge in [-0.25, -0.2) is 8.42 Å². The Kier molecular flexibility index (Phi) is 5.43. The van der Waals surface area contributed by atoms with Crippen molar-refractivity contribution in [2.75, 3.05) is 24.9 Å². The molecule has 27 heavy (non-hydrogen) atoms. The molecule has 0 aliphatic carbocycles. The van der Waals surface area contributed by atoms with Crippen LogP contribution in [-0.2, 0) is 9.84 Å². The summed E-state index contributed by atoms with van der Waals surface area (Å²) in [6.45, 7) is 0. The standard InChI is InChI=1S/C19H18ClNO5S/c1-25-17-8-13(9-18(11-17)26-2)19(22)21(15-5-3-4-14(20)10-15)16-6-7-27(23,24)12-16/h3-11,16H,12H2,1-2H3/t16-/m1/s1. The molecule has 1 atom stereocenters. The quantitative estimate of drug-likeness (QED) is 0.760. The molecule has 1 aliphatic heterocycles. The fourth-order valence-electron chi connectivity index (χ4n) is 2.88. The zero-order chi connectivity index (χ0) is 19.6. The van der Waals surface area contributed by atoms with Gasteiger partial charge in [0, 0.05) is 27.7 Å². The lowest BCUT2D eigenvalue weighted by Crippen LogP contribution is -2.41. The molecule has 0 aromatic heterocycles. The summed E-state index contributed by atoms with van der Waals surface area (Å²) >= 11 is 6.08. The minimum Gasteiger partial charge on any atom is -0.497 e. The van der Waals surface area contributed by atoms with Crippen molar-refractivity contribution in [2.24, 2.45) is 0 Å². The van der Waals surface area contributed by atoms with E-state index in [4.69, 9.17) is 21.1 Å². The number of rotatable bonds is 5. The molecule has 1 amide bonds. The number of carbonyl (C=O) groups is 1. The topological polar surface area (TPSA) is 72.9 Å². The summed E-state index contributed by atoms with van der Waals surface area (Å²) in [5.41, 5.74) is 0.810. The fourth-order valence-corrected chi connectivity index (χ4v) is 4.33. The molecule has 142 valence electrons. The minimum absolute atomic E-state index is 0.188. The summed E-state index contributed by atoms with van der Waals surface area (Å²) in [4.78, 5) is 14.8. The third-order valence-corrected chi connectivity index (χ3v) is 5.76. The second-order valence-electron chi connectivity index (χ2n) is 5.98. The molecule has 2 aromatic rings. The number of anilines is 1. The van der Waals surface area contributed by atoms with E-state index in [1.165, 1.54) is 25.2 Å². The lowest BCUT2D eigenvalue weighted by Gasteiger charge is -2.28. The smallest absolute Gasteiger partial charge is 0.259 e. The van der Waals surface area contributed by atoms with Crippen LogP contribution in [0.5, 0.6) is 11.5 Å². The number of halogens is 1. The first kappa shape index (κ1) is 19.3. The Morgan fingerprint density at radius 1 is 1.11 bits per heavy atom. The molecule has 0 radical (unpaired) electrons. The Hall–Kier alpha value is -2.51. The number of hydrogen-bond acceptors (Lipinski definition) is 5. The largest absolute Gasteiger partial charge is 0.497 e. The van der Waals surface area contributed by atoms with Crippen molar-refractivity contribution >= 4 is 33.0 Å². The third-order valence-electron chi connectivity index (χ3n) is 4.15. The van der Waals surface area contributed by atoms with Gasteiger partial charge in [-0.15, -0.1) is 0 Å². The van der Waals surface area contributed by atoms with E-state index in [0.29, 0.717) is 27.8 Å². The molecule has 0 bridgehead atoms. The zero-order valence-electron chi connectivity index (χ0n) is 14.8. The Morgan fingerprint density at radius 3 is 2.30 bits per heavy atom. The minimum atomic E-state index is -3.36.